The summed E-state index contributed by atoms with van der Waals surface area (Å²) in [6.45, 7) is 7.05. The van der Waals surface area contributed by atoms with E-state index in [1.165, 1.54) is 16.8 Å². The van der Waals surface area contributed by atoms with E-state index in [-0.39, 0.29) is 18.4 Å². The first-order valence-corrected chi connectivity index (χ1v) is 11.9. The van der Waals surface area contributed by atoms with Gasteiger partial charge in [-0.1, -0.05) is 60.7 Å². The predicted octanol–water partition coefficient (Wildman–Crippen LogP) is 4.45. The lowest BCUT2D eigenvalue weighted by Gasteiger charge is -2.40. The van der Waals surface area contributed by atoms with Crippen molar-refractivity contribution in [1.82, 2.24) is 25.1 Å². The fourth-order valence-electron chi connectivity index (χ4n) is 4.59. The van der Waals surface area contributed by atoms with Gasteiger partial charge >= 0.3 is 0 Å². The molecule has 0 amide bonds. The quantitative estimate of drug-likeness (QED) is 0.363. The number of anilines is 1. The van der Waals surface area contributed by atoms with Crippen LogP contribution in [0.5, 0.6) is 5.75 Å². The Morgan fingerprint density at radius 3 is 2.14 bits per heavy atom. The van der Waals surface area contributed by atoms with Gasteiger partial charge in [0.25, 0.3) is 0 Å². The van der Waals surface area contributed by atoms with Crippen molar-refractivity contribution in [2.75, 3.05) is 37.7 Å². The molecule has 4 aromatic rings. The number of aromatic nitrogens is 4. The van der Waals surface area contributed by atoms with Gasteiger partial charge in [-0.3, -0.25) is 4.90 Å². The van der Waals surface area contributed by atoms with Crippen molar-refractivity contribution < 1.29 is 4.74 Å². The van der Waals surface area contributed by atoms with Crippen LogP contribution in [-0.2, 0) is 6.54 Å². The van der Waals surface area contributed by atoms with Crippen molar-refractivity contribution >= 4 is 18.1 Å². The molecule has 0 bridgehead atoms. The summed E-state index contributed by atoms with van der Waals surface area (Å²) in [5, 5.41) is 12.9. The van der Waals surface area contributed by atoms with Crippen molar-refractivity contribution in [2.24, 2.45) is 0 Å². The van der Waals surface area contributed by atoms with Crippen LogP contribution in [0, 0.1) is 0 Å². The molecule has 182 valence electrons. The zero-order chi connectivity index (χ0) is 23.2. The summed E-state index contributed by atoms with van der Waals surface area (Å²) in [7, 11) is 0. The normalized spacial score (nSPS) is 14.8. The number of benzene rings is 3. The van der Waals surface area contributed by atoms with Crippen LogP contribution in [0.1, 0.15) is 29.9 Å². The second-order valence-electron chi connectivity index (χ2n) is 8.44. The molecule has 1 fully saturated rings. The molecule has 8 heteroatoms. The Labute approximate surface area is 212 Å². The summed E-state index contributed by atoms with van der Waals surface area (Å²) in [6, 6.07) is 29.3. The third-order valence-electron chi connectivity index (χ3n) is 6.29. The van der Waals surface area contributed by atoms with Gasteiger partial charge < -0.3 is 9.64 Å². The minimum Gasteiger partial charge on any atom is -0.494 e. The molecule has 1 aliphatic heterocycles. The van der Waals surface area contributed by atoms with Gasteiger partial charge in [-0.2, -0.15) is 0 Å². The average molecular weight is 491 g/mol. The predicted molar refractivity (Wildman–Crippen MR) is 140 cm³/mol. The highest BCUT2D eigenvalue weighted by Crippen LogP contribution is 2.30. The second kappa shape index (κ2) is 11.8. The monoisotopic (exact) mass is 490 g/mol. The smallest absolute Gasteiger partial charge is 0.173 e. The number of ether oxygens (including phenoxy) is 1. The van der Waals surface area contributed by atoms with Gasteiger partial charge in [0.2, 0.25) is 0 Å². The molecule has 5 rings (SSSR count). The number of hydrogen-bond donors (Lipinski definition) is 0. The average Bonchev–Trinajstić information content (AvgIpc) is 3.34. The SMILES string of the molecule is CCOc1ccc(C(c2nnnn2Cc2ccccc2)N2CCN(c3ccccc3)CC2)cc1.Cl. The zero-order valence-electron chi connectivity index (χ0n) is 19.9. The van der Waals surface area contributed by atoms with Gasteiger partial charge in [-0.25, -0.2) is 4.68 Å². The van der Waals surface area contributed by atoms with Crippen LogP contribution in [0.2, 0.25) is 0 Å². The van der Waals surface area contributed by atoms with E-state index in [1.807, 2.05) is 41.9 Å². The minimum atomic E-state index is -0.0349. The summed E-state index contributed by atoms with van der Waals surface area (Å²) < 4.78 is 7.61. The van der Waals surface area contributed by atoms with E-state index in [0.29, 0.717) is 13.2 Å². The lowest BCUT2D eigenvalue weighted by molar-refractivity contribution is 0.201. The first-order valence-electron chi connectivity index (χ1n) is 11.9. The molecule has 0 N–H and O–H groups in total. The molecule has 7 nitrogen and oxygen atoms in total. The molecule has 0 radical (unpaired) electrons. The third-order valence-corrected chi connectivity index (χ3v) is 6.29. The molecular formula is C27H31ClN6O. The highest BCUT2D eigenvalue weighted by molar-refractivity contribution is 5.85. The molecule has 35 heavy (non-hydrogen) atoms. The number of para-hydroxylation sites is 1. The fraction of sp³-hybridized carbons (Fsp3) is 0.296. The lowest BCUT2D eigenvalue weighted by atomic mass is 10.0. The van der Waals surface area contributed by atoms with E-state index in [4.69, 9.17) is 4.74 Å². The minimum absolute atomic E-state index is 0. The Morgan fingerprint density at radius 1 is 0.829 bits per heavy atom. The van der Waals surface area contributed by atoms with Gasteiger partial charge in [-0.15, -0.1) is 17.5 Å². The highest BCUT2D eigenvalue weighted by Gasteiger charge is 2.30. The molecule has 3 aromatic carbocycles. The van der Waals surface area contributed by atoms with Gasteiger partial charge in [0.05, 0.1) is 19.2 Å². The Bertz CT molecular complexity index is 1160. The molecule has 1 aliphatic rings. The number of halogens is 1. The Morgan fingerprint density at radius 2 is 1.49 bits per heavy atom. The van der Waals surface area contributed by atoms with Gasteiger partial charge in [-0.05, 0) is 52.7 Å². The topological polar surface area (TPSA) is 59.3 Å². The number of hydrogen-bond acceptors (Lipinski definition) is 6. The fourth-order valence-corrected chi connectivity index (χ4v) is 4.59. The molecule has 1 unspecified atom stereocenters. The van der Waals surface area contributed by atoms with Crippen LogP contribution in [0.3, 0.4) is 0 Å². The summed E-state index contributed by atoms with van der Waals surface area (Å²) in [4.78, 5) is 4.93. The molecule has 0 aliphatic carbocycles. The molecule has 0 spiro atoms. The zero-order valence-corrected chi connectivity index (χ0v) is 20.7. The maximum atomic E-state index is 5.68. The van der Waals surface area contributed by atoms with Crippen LogP contribution >= 0.6 is 12.4 Å². The van der Waals surface area contributed by atoms with Crippen molar-refractivity contribution in [3.63, 3.8) is 0 Å². The Kier molecular flexibility index (Phi) is 8.34. The third kappa shape index (κ3) is 5.81. The number of nitrogens with zero attached hydrogens (tertiary/aromatic N) is 6. The highest BCUT2D eigenvalue weighted by atomic mass is 35.5. The number of tetrazole rings is 1. The van der Waals surface area contributed by atoms with Crippen LogP contribution in [0.15, 0.2) is 84.9 Å². The van der Waals surface area contributed by atoms with E-state index in [2.05, 4.69) is 79.9 Å². The van der Waals surface area contributed by atoms with Crippen LogP contribution in [0.4, 0.5) is 5.69 Å². The standard InChI is InChI=1S/C27H30N6O.ClH/c1-2-34-25-15-13-23(14-16-25)26(27-28-29-30-33(27)21-22-9-5-3-6-10-22)32-19-17-31(18-20-32)24-11-7-4-8-12-24;/h3-16,26H,2,17-21H2,1H3;1H. The molecule has 2 heterocycles. The summed E-state index contributed by atoms with van der Waals surface area (Å²) in [6.07, 6.45) is 0. The number of piperazine rings is 1. The van der Waals surface area contributed by atoms with E-state index < -0.39 is 0 Å². The van der Waals surface area contributed by atoms with Gasteiger partial charge in [0, 0.05) is 31.9 Å². The molecule has 0 saturated carbocycles. The molecule has 1 atom stereocenters. The van der Waals surface area contributed by atoms with Crippen molar-refractivity contribution in [2.45, 2.75) is 19.5 Å². The van der Waals surface area contributed by atoms with Crippen molar-refractivity contribution in [3.8, 4) is 5.75 Å². The summed E-state index contributed by atoms with van der Waals surface area (Å²) in [5.74, 6) is 1.74. The van der Waals surface area contributed by atoms with Gasteiger partial charge in [0.1, 0.15) is 5.75 Å². The van der Waals surface area contributed by atoms with Crippen LogP contribution < -0.4 is 9.64 Å². The molecule has 1 saturated heterocycles. The van der Waals surface area contributed by atoms with E-state index in [0.717, 1.165) is 37.8 Å². The van der Waals surface area contributed by atoms with E-state index in [1.54, 1.807) is 0 Å². The van der Waals surface area contributed by atoms with Crippen LogP contribution in [0.25, 0.3) is 0 Å². The van der Waals surface area contributed by atoms with Crippen molar-refractivity contribution in [1.29, 1.82) is 0 Å². The number of rotatable bonds is 8. The maximum Gasteiger partial charge on any atom is 0.173 e. The molecule has 1 aromatic heterocycles. The van der Waals surface area contributed by atoms with Crippen LogP contribution in [-0.4, -0.2) is 57.9 Å². The van der Waals surface area contributed by atoms with E-state index in [9.17, 15) is 0 Å². The Balaban J connectivity index is 0.00000289. The first-order chi connectivity index (χ1) is 16.8. The summed E-state index contributed by atoms with van der Waals surface area (Å²) >= 11 is 0. The largest absolute Gasteiger partial charge is 0.494 e. The maximum absolute atomic E-state index is 5.68. The summed E-state index contributed by atoms with van der Waals surface area (Å²) in [5.41, 5.74) is 3.62. The lowest BCUT2D eigenvalue weighted by Crippen LogP contribution is -2.48. The second-order valence-corrected chi connectivity index (χ2v) is 8.44. The van der Waals surface area contributed by atoms with Gasteiger partial charge in [0.15, 0.2) is 5.82 Å². The molecular weight excluding hydrogens is 460 g/mol. The van der Waals surface area contributed by atoms with E-state index >= 15 is 0 Å². The first kappa shape index (κ1) is 24.7. The van der Waals surface area contributed by atoms with Crippen molar-refractivity contribution in [3.05, 3.63) is 102 Å². The Hall–Kier alpha value is -3.42.